The van der Waals surface area contributed by atoms with E-state index in [4.69, 9.17) is 0 Å². The summed E-state index contributed by atoms with van der Waals surface area (Å²) in [6.07, 6.45) is 5.36. The van der Waals surface area contributed by atoms with E-state index in [0.717, 1.165) is 22.4 Å². The van der Waals surface area contributed by atoms with Crippen LogP contribution in [0.5, 0.6) is 0 Å². The number of carbonyl (C=O) groups excluding carboxylic acids is 1. The number of aromatic nitrogens is 3. The van der Waals surface area contributed by atoms with Gasteiger partial charge in [0.2, 0.25) is 0 Å². The number of pyridine rings is 1. The van der Waals surface area contributed by atoms with Crippen LogP contribution in [0.15, 0.2) is 55.0 Å². The minimum absolute atomic E-state index is 0.0634. The van der Waals surface area contributed by atoms with Gasteiger partial charge in [0.15, 0.2) is 0 Å². The Bertz CT molecular complexity index is 824. The molecule has 24 heavy (non-hydrogen) atoms. The molecule has 5 heteroatoms. The molecule has 0 atom stereocenters. The number of amides is 1. The number of nitrogens with zero attached hydrogens (tertiary/aromatic N) is 2. The Morgan fingerprint density at radius 3 is 2.71 bits per heavy atom. The third-order valence-electron chi connectivity index (χ3n) is 3.70. The second-order valence-electron chi connectivity index (χ2n) is 6.07. The fourth-order valence-corrected chi connectivity index (χ4v) is 2.47. The van der Waals surface area contributed by atoms with Crippen molar-refractivity contribution in [3.05, 3.63) is 60.6 Å². The SMILES string of the molecule is CC(C)CNC(=O)c1cccc(-c2n[nH]cc2-c2ccncc2)c1. The maximum absolute atomic E-state index is 12.3. The number of H-pyrrole nitrogens is 1. The van der Waals surface area contributed by atoms with Crippen LogP contribution in [0.4, 0.5) is 0 Å². The number of hydrogen-bond donors (Lipinski definition) is 2. The molecule has 5 nitrogen and oxygen atoms in total. The van der Waals surface area contributed by atoms with E-state index in [0.29, 0.717) is 18.0 Å². The van der Waals surface area contributed by atoms with Gasteiger partial charge in [-0.1, -0.05) is 26.0 Å². The van der Waals surface area contributed by atoms with E-state index in [2.05, 4.69) is 34.3 Å². The predicted octanol–water partition coefficient (Wildman–Crippen LogP) is 3.52. The highest BCUT2D eigenvalue weighted by Gasteiger charge is 2.13. The van der Waals surface area contributed by atoms with Crippen molar-refractivity contribution in [3.8, 4) is 22.4 Å². The molecule has 1 amide bonds. The van der Waals surface area contributed by atoms with Crippen LogP contribution in [0.3, 0.4) is 0 Å². The molecule has 1 aromatic carbocycles. The highest BCUT2D eigenvalue weighted by molar-refractivity contribution is 5.96. The van der Waals surface area contributed by atoms with Crippen LogP contribution >= 0.6 is 0 Å². The predicted molar refractivity (Wildman–Crippen MR) is 94.4 cm³/mol. The molecule has 0 aliphatic heterocycles. The van der Waals surface area contributed by atoms with Gasteiger partial charge in [0.25, 0.3) is 5.91 Å². The molecule has 2 N–H and O–H groups in total. The Kier molecular flexibility index (Phi) is 4.70. The van der Waals surface area contributed by atoms with Gasteiger partial charge in [-0.25, -0.2) is 0 Å². The van der Waals surface area contributed by atoms with Crippen molar-refractivity contribution in [2.45, 2.75) is 13.8 Å². The molecular weight excluding hydrogens is 300 g/mol. The zero-order valence-corrected chi connectivity index (χ0v) is 13.8. The van der Waals surface area contributed by atoms with Crippen molar-refractivity contribution in [2.24, 2.45) is 5.92 Å². The highest BCUT2D eigenvalue weighted by atomic mass is 16.1. The molecule has 0 fully saturated rings. The Morgan fingerprint density at radius 1 is 1.17 bits per heavy atom. The summed E-state index contributed by atoms with van der Waals surface area (Å²) in [6.45, 7) is 4.80. The topological polar surface area (TPSA) is 70.7 Å². The lowest BCUT2D eigenvalue weighted by Crippen LogP contribution is -2.27. The zero-order valence-electron chi connectivity index (χ0n) is 13.8. The molecule has 0 aliphatic carbocycles. The zero-order chi connectivity index (χ0) is 16.9. The normalized spacial score (nSPS) is 10.8. The van der Waals surface area contributed by atoms with Gasteiger partial charge in [0.1, 0.15) is 0 Å². The lowest BCUT2D eigenvalue weighted by molar-refractivity contribution is 0.0949. The van der Waals surface area contributed by atoms with Crippen LogP contribution in [0.1, 0.15) is 24.2 Å². The number of hydrogen-bond acceptors (Lipinski definition) is 3. The molecule has 3 rings (SSSR count). The lowest BCUT2D eigenvalue weighted by atomic mass is 10.0. The molecule has 122 valence electrons. The molecule has 0 bridgehead atoms. The molecular formula is C19H20N4O. The molecule has 0 saturated heterocycles. The molecule has 2 heterocycles. The first kappa shape index (κ1) is 15.9. The third kappa shape index (κ3) is 3.51. The van der Waals surface area contributed by atoms with Crippen molar-refractivity contribution in [1.29, 1.82) is 0 Å². The van der Waals surface area contributed by atoms with Crippen LogP contribution in [0, 0.1) is 5.92 Å². The molecule has 0 unspecified atom stereocenters. The van der Waals surface area contributed by atoms with E-state index < -0.39 is 0 Å². The maximum atomic E-state index is 12.3. The Hall–Kier alpha value is -2.95. The first-order valence-corrected chi connectivity index (χ1v) is 7.98. The third-order valence-corrected chi connectivity index (χ3v) is 3.70. The van der Waals surface area contributed by atoms with Gasteiger partial charge < -0.3 is 5.32 Å². The molecule has 0 radical (unpaired) electrons. The monoisotopic (exact) mass is 320 g/mol. The van der Waals surface area contributed by atoms with Crippen LogP contribution in [-0.4, -0.2) is 27.6 Å². The fourth-order valence-electron chi connectivity index (χ4n) is 2.47. The molecule has 2 aromatic heterocycles. The van der Waals surface area contributed by atoms with Crippen molar-refractivity contribution < 1.29 is 4.79 Å². The molecule has 0 aliphatic rings. The quantitative estimate of drug-likeness (QED) is 0.755. The Morgan fingerprint density at radius 2 is 1.96 bits per heavy atom. The van der Waals surface area contributed by atoms with E-state index in [-0.39, 0.29) is 5.91 Å². The molecule has 0 spiro atoms. The summed E-state index contributed by atoms with van der Waals surface area (Å²) < 4.78 is 0. The van der Waals surface area contributed by atoms with Crippen molar-refractivity contribution in [3.63, 3.8) is 0 Å². The minimum Gasteiger partial charge on any atom is -0.352 e. The number of benzene rings is 1. The summed E-state index contributed by atoms with van der Waals surface area (Å²) >= 11 is 0. The van der Waals surface area contributed by atoms with Crippen molar-refractivity contribution in [2.75, 3.05) is 6.54 Å². The Balaban J connectivity index is 1.91. The summed E-state index contributed by atoms with van der Waals surface area (Å²) in [4.78, 5) is 16.3. The van der Waals surface area contributed by atoms with E-state index in [1.54, 1.807) is 12.4 Å². The number of aromatic amines is 1. The second kappa shape index (κ2) is 7.08. The fraction of sp³-hybridized carbons (Fsp3) is 0.211. The average molecular weight is 320 g/mol. The van der Waals surface area contributed by atoms with Gasteiger partial charge in [-0.3, -0.25) is 14.9 Å². The summed E-state index contributed by atoms with van der Waals surface area (Å²) in [5.41, 5.74) is 4.37. The summed E-state index contributed by atoms with van der Waals surface area (Å²) in [5, 5.41) is 10.2. The van der Waals surface area contributed by atoms with Crippen LogP contribution in [-0.2, 0) is 0 Å². The standard InChI is InChI=1S/C19H20N4O/c1-13(2)11-21-19(24)16-5-3-4-15(10-16)18-17(12-22-23-18)14-6-8-20-9-7-14/h3-10,12-13H,11H2,1-2H3,(H,21,24)(H,22,23). The van der Waals surface area contributed by atoms with Gasteiger partial charge in [0, 0.05) is 41.8 Å². The number of rotatable bonds is 5. The van der Waals surface area contributed by atoms with Gasteiger partial charge >= 0.3 is 0 Å². The van der Waals surface area contributed by atoms with Crippen LogP contribution < -0.4 is 5.32 Å². The Labute approximate surface area is 141 Å². The number of carbonyl (C=O) groups is 1. The van der Waals surface area contributed by atoms with Gasteiger partial charge in [-0.2, -0.15) is 5.10 Å². The molecule has 0 saturated carbocycles. The van der Waals surface area contributed by atoms with E-state index in [9.17, 15) is 4.79 Å². The summed E-state index contributed by atoms with van der Waals surface area (Å²) in [6, 6.07) is 11.4. The number of nitrogens with one attached hydrogen (secondary N) is 2. The first-order chi connectivity index (χ1) is 11.6. The van der Waals surface area contributed by atoms with Gasteiger partial charge in [-0.05, 0) is 35.7 Å². The van der Waals surface area contributed by atoms with Gasteiger partial charge in [0.05, 0.1) is 5.69 Å². The second-order valence-corrected chi connectivity index (χ2v) is 6.07. The van der Waals surface area contributed by atoms with E-state index in [1.165, 1.54) is 0 Å². The van der Waals surface area contributed by atoms with Crippen LogP contribution in [0.2, 0.25) is 0 Å². The molecule has 3 aromatic rings. The lowest BCUT2D eigenvalue weighted by Gasteiger charge is -2.09. The van der Waals surface area contributed by atoms with Gasteiger partial charge in [-0.15, -0.1) is 0 Å². The first-order valence-electron chi connectivity index (χ1n) is 7.98. The maximum Gasteiger partial charge on any atom is 0.251 e. The minimum atomic E-state index is -0.0634. The van der Waals surface area contributed by atoms with Crippen LogP contribution in [0.25, 0.3) is 22.4 Å². The smallest absolute Gasteiger partial charge is 0.251 e. The van der Waals surface area contributed by atoms with E-state index in [1.807, 2.05) is 42.6 Å². The van der Waals surface area contributed by atoms with Crippen molar-refractivity contribution in [1.82, 2.24) is 20.5 Å². The summed E-state index contributed by atoms with van der Waals surface area (Å²) in [7, 11) is 0. The largest absolute Gasteiger partial charge is 0.352 e. The summed E-state index contributed by atoms with van der Waals surface area (Å²) in [5.74, 6) is 0.355. The highest BCUT2D eigenvalue weighted by Crippen LogP contribution is 2.30. The van der Waals surface area contributed by atoms with Crippen molar-refractivity contribution >= 4 is 5.91 Å². The van der Waals surface area contributed by atoms with E-state index >= 15 is 0 Å². The average Bonchev–Trinajstić information content (AvgIpc) is 3.10.